The van der Waals surface area contributed by atoms with Crippen LogP contribution in [0.3, 0.4) is 0 Å². The van der Waals surface area contributed by atoms with Crippen molar-refractivity contribution in [2.45, 2.75) is 18.9 Å². The van der Waals surface area contributed by atoms with Crippen molar-refractivity contribution in [3.63, 3.8) is 0 Å². The van der Waals surface area contributed by atoms with Gasteiger partial charge in [-0.25, -0.2) is 20.0 Å². The first kappa shape index (κ1) is 20.5. The minimum atomic E-state index is -0.895. The smallest absolute Gasteiger partial charge is 0.268 e. The fourth-order valence-electron chi connectivity index (χ4n) is 2.05. The van der Waals surface area contributed by atoms with Crippen LogP contribution in [-0.4, -0.2) is 85.2 Å². The summed E-state index contributed by atoms with van der Waals surface area (Å²) in [4.78, 5) is 23.4. The Morgan fingerprint density at radius 3 is 2.18 bits per heavy atom. The van der Waals surface area contributed by atoms with E-state index >= 15 is 0 Å². The number of carbonyl (C=O) groups is 2. The number of likely N-dealkylation sites (N-methyl/N-ethyl adjacent to an activating group) is 2. The van der Waals surface area contributed by atoms with Crippen LogP contribution in [0.4, 0.5) is 0 Å². The predicted octanol–water partition coefficient (Wildman–Crippen LogP) is -1.48. The molecule has 2 amide bonds. The molecule has 8 nitrogen and oxygen atoms in total. The maximum atomic E-state index is 11.9. The van der Waals surface area contributed by atoms with Crippen molar-refractivity contribution in [2.24, 2.45) is 0 Å². The summed E-state index contributed by atoms with van der Waals surface area (Å²) in [7, 11) is 6.95. The summed E-state index contributed by atoms with van der Waals surface area (Å²) in [6.07, 6.45) is 0.727. The van der Waals surface area contributed by atoms with Gasteiger partial charge < -0.3 is 10.2 Å². The standard InChI is InChI=1S/C14H28N4O4/c1-6-7-13(21)15-18(4,5)11-12(20)10-14(22)16-17(2,3)8-9-19/h6,12,19-20H,1,7-11H2,2-5H3/p+2. The summed E-state index contributed by atoms with van der Waals surface area (Å²) in [6, 6.07) is 0. The third-order valence-corrected chi connectivity index (χ3v) is 2.93. The van der Waals surface area contributed by atoms with Gasteiger partial charge in [0, 0.05) is 6.42 Å². The van der Waals surface area contributed by atoms with Crippen LogP contribution >= 0.6 is 0 Å². The first-order valence-corrected chi connectivity index (χ1v) is 7.19. The van der Waals surface area contributed by atoms with Gasteiger partial charge >= 0.3 is 0 Å². The highest BCUT2D eigenvalue weighted by Gasteiger charge is 2.26. The highest BCUT2D eigenvalue weighted by molar-refractivity contribution is 5.76. The summed E-state index contributed by atoms with van der Waals surface area (Å²) in [6.45, 7) is 4.02. The first-order chi connectivity index (χ1) is 10.0. The van der Waals surface area contributed by atoms with Crippen molar-refractivity contribution < 1.29 is 29.0 Å². The number of aliphatic hydroxyl groups excluding tert-OH is 2. The van der Waals surface area contributed by atoms with E-state index in [-0.39, 0.29) is 47.0 Å². The van der Waals surface area contributed by atoms with Crippen LogP contribution in [0.2, 0.25) is 0 Å². The molecule has 0 aliphatic rings. The molecule has 0 saturated carbocycles. The fraction of sp³-hybridized carbons (Fsp3) is 0.714. The molecule has 0 saturated heterocycles. The molecule has 0 radical (unpaired) electrons. The summed E-state index contributed by atoms with van der Waals surface area (Å²) in [5, 5.41) is 18.9. The Labute approximate surface area is 132 Å². The molecule has 128 valence electrons. The normalized spacial score (nSPS) is 13.4. The van der Waals surface area contributed by atoms with Gasteiger partial charge in [0.2, 0.25) is 0 Å². The third-order valence-electron chi connectivity index (χ3n) is 2.93. The third kappa shape index (κ3) is 9.46. The zero-order valence-corrected chi connectivity index (χ0v) is 14.0. The Kier molecular flexibility index (Phi) is 8.25. The number of nitrogens with one attached hydrogen (secondary N) is 2. The van der Waals surface area contributed by atoms with E-state index in [9.17, 15) is 14.7 Å². The quantitative estimate of drug-likeness (QED) is 0.224. The zero-order valence-electron chi connectivity index (χ0n) is 14.0. The van der Waals surface area contributed by atoms with Crippen molar-refractivity contribution in [1.29, 1.82) is 0 Å². The molecule has 0 spiro atoms. The maximum absolute atomic E-state index is 11.9. The van der Waals surface area contributed by atoms with Crippen LogP contribution in [0, 0.1) is 0 Å². The van der Waals surface area contributed by atoms with Crippen molar-refractivity contribution in [2.75, 3.05) is 47.9 Å². The van der Waals surface area contributed by atoms with E-state index in [0.29, 0.717) is 6.54 Å². The van der Waals surface area contributed by atoms with Crippen LogP contribution in [-0.2, 0) is 9.59 Å². The average molecular weight is 318 g/mol. The molecule has 22 heavy (non-hydrogen) atoms. The van der Waals surface area contributed by atoms with Crippen LogP contribution in [0.5, 0.6) is 0 Å². The second kappa shape index (κ2) is 8.84. The van der Waals surface area contributed by atoms with E-state index in [1.807, 2.05) is 0 Å². The zero-order chi connectivity index (χ0) is 17.4. The Morgan fingerprint density at radius 2 is 1.68 bits per heavy atom. The number of hydrogen-bond donors (Lipinski definition) is 4. The number of quaternary nitrogens is 2. The van der Waals surface area contributed by atoms with Gasteiger partial charge in [0.25, 0.3) is 11.8 Å². The molecule has 0 bridgehead atoms. The van der Waals surface area contributed by atoms with Gasteiger partial charge in [0.15, 0.2) is 0 Å². The van der Waals surface area contributed by atoms with Crippen molar-refractivity contribution in [3.8, 4) is 0 Å². The Balaban J connectivity index is 4.36. The molecule has 0 aliphatic carbocycles. The van der Waals surface area contributed by atoms with Gasteiger partial charge in [-0.1, -0.05) is 6.08 Å². The van der Waals surface area contributed by atoms with Gasteiger partial charge in [-0.2, -0.15) is 0 Å². The molecule has 1 unspecified atom stereocenters. The summed E-state index contributed by atoms with van der Waals surface area (Å²) in [5.74, 6) is -0.513. The minimum absolute atomic E-state index is 0.0465. The highest BCUT2D eigenvalue weighted by Crippen LogP contribution is 2.02. The fourth-order valence-corrected chi connectivity index (χ4v) is 2.05. The number of hydrogen-bond acceptors (Lipinski definition) is 4. The number of nitrogens with zero attached hydrogens (tertiary/aromatic N) is 2. The Bertz CT molecular complexity index is 396. The predicted molar refractivity (Wildman–Crippen MR) is 82.8 cm³/mol. The van der Waals surface area contributed by atoms with Crippen molar-refractivity contribution in [1.82, 2.24) is 10.9 Å². The molecule has 0 aromatic carbocycles. The van der Waals surface area contributed by atoms with Crippen LogP contribution in [0.1, 0.15) is 12.8 Å². The molecule has 0 aromatic rings. The summed E-state index contributed by atoms with van der Waals surface area (Å²) in [5.41, 5.74) is 5.43. The lowest BCUT2D eigenvalue weighted by Gasteiger charge is -2.31. The second-order valence-corrected chi connectivity index (χ2v) is 6.42. The van der Waals surface area contributed by atoms with E-state index in [2.05, 4.69) is 17.4 Å². The number of amides is 2. The number of rotatable bonds is 10. The van der Waals surface area contributed by atoms with Crippen molar-refractivity contribution >= 4 is 11.8 Å². The molecule has 1 atom stereocenters. The molecule has 8 heteroatoms. The monoisotopic (exact) mass is 318 g/mol. The van der Waals surface area contributed by atoms with Crippen LogP contribution in [0.15, 0.2) is 12.7 Å². The van der Waals surface area contributed by atoms with Crippen LogP contribution < -0.4 is 10.9 Å². The van der Waals surface area contributed by atoms with E-state index in [0.717, 1.165) is 0 Å². The van der Waals surface area contributed by atoms with E-state index in [1.54, 1.807) is 28.2 Å². The number of aliphatic hydroxyl groups is 2. The molecule has 0 aliphatic heterocycles. The molecule has 0 fully saturated rings. The highest BCUT2D eigenvalue weighted by atomic mass is 16.3. The van der Waals surface area contributed by atoms with E-state index in [1.165, 1.54) is 6.08 Å². The molecule has 0 aromatic heterocycles. The topological polar surface area (TPSA) is 98.7 Å². The molecule has 4 N–H and O–H groups in total. The first-order valence-electron chi connectivity index (χ1n) is 7.19. The minimum Gasteiger partial charge on any atom is -0.390 e. The molecular formula is C14H30N4O4+2. The van der Waals surface area contributed by atoms with Gasteiger partial charge in [-0.15, -0.1) is 6.58 Å². The Morgan fingerprint density at radius 1 is 1.14 bits per heavy atom. The second-order valence-electron chi connectivity index (χ2n) is 6.42. The van der Waals surface area contributed by atoms with Gasteiger partial charge in [0.05, 0.1) is 41.2 Å². The largest absolute Gasteiger partial charge is 0.390 e. The lowest BCUT2D eigenvalue weighted by Crippen LogP contribution is -2.59. The Hall–Kier alpha value is -1.48. The summed E-state index contributed by atoms with van der Waals surface area (Å²) >= 11 is 0. The lowest BCUT2D eigenvalue weighted by atomic mass is 10.2. The maximum Gasteiger partial charge on any atom is 0.268 e. The van der Waals surface area contributed by atoms with Gasteiger partial charge in [0.1, 0.15) is 19.2 Å². The summed E-state index contributed by atoms with van der Waals surface area (Å²) < 4.78 is 0.201. The molecule has 0 heterocycles. The average Bonchev–Trinajstić information content (AvgIpc) is 2.24. The van der Waals surface area contributed by atoms with E-state index < -0.39 is 6.10 Å². The molecule has 0 rings (SSSR count). The van der Waals surface area contributed by atoms with Crippen molar-refractivity contribution in [3.05, 3.63) is 12.7 Å². The SMILES string of the molecule is C=CCC(=O)N[N+](C)(C)CC(O)CC(=O)N[N+](C)(C)CCO. The number of carbonyl (C=O) groups excluding carboxylic acids is 2. The van der Waals surface area contributed by atoms with Gasteiger partial charge in [-0.05, 0) is 0 Å². The van der Waals surface area contributed by atoms with E-state index in [4.69, 9.17) is 5.11 Å². The van der Waals surface area contributed by atoms with Crippen LogP contribution in [0.25, 0.3) is 0 Å². The van der Waals surface area contributed by atoms with Gasteiger partial charge in [-0.3, -0.25) is 9.59 Å². The molecular weight excluding hydrogens is 288 g/mol. The lowest BCUT2D eigenvalue weighted by molar-refractivity contribution is -0.928.